The molecule has 2 aromatic rings. The zero-order valence-electron chi connectivity index (χ0n) is 17.6. The van der Waals surface area contributed by atoms with Gasteiger partial charge in [-0.1, -0.05) is 13.8 Å². The Labute approximate surface area is 177 Å². The van der Waals surface area contributed by atoms with E-state index in [0.717, 1.165) is 0 Å². The van der Waals surface area contributed by atoms with Crippen molar-refractivity contribution in [2.24, 2.45) is 11.1 Å². The third-order valence-electron chi connectivity index (χ3n) is 6.87. The van der Waals surface area contributed by atoms with E-state index in [-0.39, 0.29) is 11.5 Å². The third-order valence-corrected chi connectivity index (χ3v) is 6.87. The first-order valence-corrected chi connectivity index (χ1v) is 9.98. The molecule has 0 bridgehead atoms. The van der Waals surface area contributed by atoms with Crippen LogP contribution in [-0.2, 0) is 9.53 Å². The van der Waals surface area contributed by atoms with Gasteiger partial charge in [-0.25, -0.2) is 4.98 Å². The smallest absolute Gasteiger partial charge is 0.249 e. The van der Waals surface area contributed by atoms with Crippen molar-refractivity contribution in [3.05, 3.63) is 12.2 Å². The second kappa shape index (κ2) is 6.57. The second-order valence-electron chi connectivity index (χ2n) is 8.39. The first kappa shape index (κ1) is 21.4. The number of hydrogen-bond acceptors (Lipinski definition) is 10. The van der Waals surface area contributed by atoms with Crippen molar-refractivity contribution in [2.75, 3.05) is 18.0 Å². The Balaban J connectivity index is 1.89. The van der Waals surface area contributed by atoms with Crippen molar-refractivity contribution in [1.82, 2.24) is 19.5 Å². The van der Waals surface area contributed by atoms with Crippen LogP contribution in [0.25, 0.3) is 11.2 Å². The van der Waals surface area contributed by atoms with Crippen LogP contribution in [0.5, 0.6) is 0 Å². The molecule has 12 nitrogen and oxygen atoms in total. The molecule has 3 heterocycles. The number of aromatic nitrogens is 4. The minimum absolute atomic E-state index is 0.0971. The van der Waals surface area contributed by atoms with Crippen molar-refractivity contribution in [2.45, 2.75) is 57.3 Å². The Bertz CT molecular complexity index is 1110. The van der Waals surface area contributed by atoms with Gasteiger partial charge in [0.25, 0.3) is 0 Å². The van der Waals surface area contributed by atoms with Gasteiger partial charge in [0, 0.05) is 18.5 Å². The molecule has 1 amide bonds. The predicted octanol–water partition coefficient (Wildman–Crippen LogP) is -1.21. The van der Waals surface area contributed by atoms with Gasteiger partial charge >= 0.3 is 0 Å². The van der Waals surface area contributed by atoms with Crippen molar-refractivity contribution in [3.63, 3.8) is 0 Å². The van der Waals surface area contributed by atoms with Crippen molar-refractivity contribution >= 4 is 22.9 Å². The number of anilines is 1. The average Bonchev–Trinajstić information content (AvgIpc) is 3.10. The number of aliphatic hydroxyl groups excluding tert-OH is 1. The molecule has 0 aromatic carbocycles. The number of hydrogen-bond donors (Lipinski definition) is 4. The van der Waals surface area contributed by atoms with E-state index in [9.17, 15) is 25.4 Å². The van der Waals surface area contributed by atoms with Gasteiger partial charge in [0.2, 0.25) is 11.7 Å². The fourth-order valence-electron chi connectivity index (χ4n) is 4.89. The minimum Gasteiger partial charge on any atom is -0.383 e. The maximum absolute atomic E-state index is 11.6. The molecule has 1 aliphatic heterocycles. The van der Waals surface area contributed by atoms with Crippen LogP contribution in [0, 0.1) is 16.7 Å². The Morgan fingerprint density at radius 2 is 2.00 bits per heavy atom. The van der Waals surface area contributed by atoms with Gasteiger partial charge in [0.05, 0.1) is 6.33 Å². The van der Waals surface area contributed by atoms with Crippen molar-refractivity contribution < 1.29 is 24.9 Å². The van der Waals surface area contributed by atoms with E-state index in [2.05, 4.69) is 15.0 Å². The number of fused-ring (bicyclic) bond motifs is 2. The zero-order valence-corrected chi connectivity index (χ0v) is 17.6. The summed E-state index contributed by atoms with van der Waals surface area (Å²) in [4.78, 5) is 26.4. The van der Waals surface area contributed by atoms with Gasteiger partial charge in [-0.15, -0.1) is 0 Å². The lowest BCUT2D eigenvalue weighted by molar-refractivity contribution is -0.160. The molecule has 12 heteroatoms. The molecule has 5 atom stereocenters. The van der Waals surface area contributed by atoms with Crippen LogP contribution >= 0.6 is 0 Å². The van der Waals surface area contributed by atoms with E-state index in [1.165, 1.54) is 10.9 Å². The quantitative estimate of drug-likeness (QED) is 0.433. The van der Waals surface area contributed by atoms with Crippen LogP contribution in [-0.4, -0.2) is 77.2 Å². The van der Waals surface area contributed by atoms with Gasteiger partial charge in [0.15, 0.2) is 29.3 Å². The fourth-order valence-corrected chi connectivity index (χ4v) is 4.89. The lowest BCUT2D eigenvalue weighted by Crippen LogP contribution is -2.48. The summed E-state index contributed by atoms with van der Waals surface area (Å²) < 4.78 is 7.17. The molecule has 0 radical (unpaired) electrons. The first-order chi connectivity index (χ1) is 14.5. The molecule has 4 rings (SSSR count). The topological polar surface area (TPSA) is 184 Å². The molecule has 5 N–H and O–H groups in total. The summed E-state index contributed by atoms with van der Waals surface area (Å²) in [6.07, 6.45) is -3.19. The van der Waals surface area contributed by atoms with Gasteiger partial charge < -0.3 is 30.7 Å². The summed E-state index contributed by atoms with van der Waals surface area (Å²) >= 11 is 0. The largest absolute Gasteiger partial charge is 0.383 e. The molecule has 2 fully saturated rings. The van der Waals surface area contributed by atoms with E-state index in [4.69, 9.17) is 10.5 Å². The van der Waals surface area contributed by atoms with E-state index in [1.54, 1.807) is 13.8 Å². The van der Waals surface area contributed by atoms with Crippen LogP contribution in [0.4, 0.5) is 5.82 Å². The van der Waals surface area contributed by atoms with Gasteiger partial charge in [-0.2, -0.15) is 15.2 Å². The van der Waals surface area contributed by atoms with Crippen LogP contribution in [0.3, 0.4) is 0 Å². The van der Waals surface area contributed by atoms with Crippen LogP contribution in [0.15, 0.2) is 6.33 Å². The number of carbonyl (C=O) groups excluding carboxylic acids is 1. The highest BCUT2D eigenvalue weighted by Crippen LogP contribution is 2.75. The minimum atomic E-state index is -1.94. The number of primary amides is 1. The third kappa shape index (κ3) is 2.37. The molecule has 1 saturated carbocycles. The molecule has 31 heavy (non-hydrogen) atoms. The second-order valence-corrected chi connectivity index (χ2v) is 8.39. The number of rotatable bonds is 6. The highest BCUT2D eigenvalue weighted by molar-refractivity contribution is 5.84. The number of aliphatic hydroxyl groups is 3. The summed E-state index contributed by atoms with van der Waals surface area (Å²) in [5, 5.41) is 42.3. The van der Waals surface area contributed by atoms with Gasteiger partial charge in [0.1, 0.15) is 23.4 Å². The summed E-state index contributed by atoms with van der Waals surface area (Å²) in [6.45, 7) is 8.30. The van der Waals surface area contributed by atoms with Gasteiger partial charge in [-0.3, -0.25) is 9.36 Å². The maximum Gasteiger partial charge on any atom is 0.249 e. The Morgan fingerprint density at radius 3 is 2.55 bits per heavy atom. The Kier molecular flexibility index (Phi) is 4.53. The number of carbonyl (C=O) groups is 1. The number of nitrogens with zero attached hydrogens (tertiary/aromatic N) is 6. The first-order valence-electron chi connectivity index (χ1n) is 9.98. The summed E-state index contributed by atoms with van der Waals surface area (Å²) in [7, 11) is 0. The average molecular weight is 431 g/mol. The number of nitrogens with two attached hydrogens (primary N) is 1. The van der Waals surface area contributed by atoms with Crippen LogP contribution in [0.1, 0.15) is 39.7 Å². The Morgan fingerprint density at radius 1 is 1.35 bits per heavy atom. The standard InChI is InChI=1S/C19H25N7O5/c1-5-25(6-2)14-10-15(24-9(7-20)23-14)26(8-22-10)16-19(30)17(3,4)18(19,29)12(31-16)11(27)13(21)28/h8,11-12,16,27,29-30H,5-6H2,1-4H3,(H2,21,28)/t11?,12-,16-,18-,19+/m1/s1. The highest BCUT2D eigenvalue weighted by atomic mass is 16.6. The summed E-state index contributed by atoms with van der Waals surface area (Å²) in [5.41, 5.74) is 0.859. The van der Waals surface area contributed by atoms with Crippen LogP contribution in [0.2, 0.25) is 0 Å². The molecular weight excluding hydrogens is 406 g/mol. The monoisotopic (exact) mass is 431 g/mol. The highest BCUT2D eigenvalue weighted by Gasteiger charge is 2.93. The number of amides is 1. The summed E-state index contributed by atoms with van der Waals surface area (Å²) in [6, 6.07) is 1.92. The molecule has 1 unspecified atom stereocenters. The molecule has 1 aliphatic carbocycles. The summed E-state index contributed by atoms with van der Waals surface area (Å²) in [5.74, 6) is -0.730. The Hall–Kier alpha value is -2.85. The van der Waals surface area contributed by atoms with E-state index in [1.807, 2.05) is 24.8 Å². The van der Waals surface area contributed by atoms with E-state index in [0.29, 0.717) is 24.4 Å². The molecule has 2 aromatic heterocycles. The SMILES string of the molecule is CCN(CC)c1nc(C#N)nc2c1ncn2[C@@H]1O[C@H](C(O)C(N)=O)[C@@]2(O)C(C)(C)[C@@]12O. The normalized spacial score (nSPS) is 31.8. The van der Waals surface area contributed by atoms with Crippen molar-refractivity contribution in [1.29, 1.82) is 5.26 Å². The fraction of sp³-hybridized carbons (Fsp3) is 0.632. The van der Waals surface area contributed by atoms with E-state index >= 15 is 0 Å². The molecule has 166 valence electrons. The lowest BCUT2D eigenvalue weighted by Gasteiger charge is -2.29. The lowest BCUT2D eigenvalue weighted by atomic mass is 9.97. The molecule has 0 spiro atoms. The number of nitriles is 1. The zero-order chi connectivity index (χ0) is 22.9. The van der Waals surface area contributed by atoms with Crippen molar-refractivity contribution in [3.8, 4) is 6.07 Å². The number of ether oxygens (including phenoxy) is 1. The van der Waals surface area contributed by atoms with E-state index < -0.39 is 41.0 Å². The molecule has 1 saturated heterocycles. The van der Waals surface area contributed by atoms with Gasteiger partial charge in [-0.05, 0) is 13.8 Å². The molecule has 2 aliphatic rings. The van der Waals surface area contributed by atoms with Crippen LogP contribution < -0.4 is 10.6 Å². The predicted molar refractivity (Wildman–Crippen MR) is 106 cm³/mol. The molecular formula is C19H25N7O5. The number of imidazole rings is 1. The maximum atomic E-state index is 11.6.